The quantitative estimate of drug-likeness (QED) is 0.807. The minimum atomic E-state index is -0.602. The van der Waals surface area contributed by atoms with E-state index in [9.17, 15) is 9.59 Å². The molecule has 116 valence electrons. The summed E-state index contributed by atoms with van der Waals surface area (Å²) in [6.07, 6.45) is 1.77. The predicted molar refractivity (Wildman–Crippen MR) is 81.8 cm³/mol. The number of benzene rings is 1. The second kappa shape index (κ2) is 5.67. The molecule has 0 aliphatic heterocycles. The lowest BCUT2D eigenvalue weighted by Gasteiger charge is -2.12. The number of anilines is 1. The van der Waals surface area contributed by atoms with Crippen LogP contribution in [0.25, 0.3) is 11.0 Å². The van der Waals surface area contributed by atoms with Crippen LogP contribution in [0, 0.1) is 5.92 Å². The molecule has 7 nitrogen and oxygen atoms in total. The molecular formula is C15H18N4O3. The smallest absolute Gasteiger partial charge is 0.413 e. The van der Waals surface area contributed by atoms with Crippen LogP contribution in [-0.4, -0.2) is 35.1 Å². The van der Waals surface area contributed by atoms with E-state index in [1.807, 2.05) is 6.92 Å². The summed E-state index contributed by atoms with van der Waals surface area (Å²) in [5.74, 6) is 0.792. The number of methoxy groups -OCH3 is 1. The Hall–Kier alpha value is -2.57. The number of rotatable bonds is 4. The molecule has 0 saturated heterocycles. The van der Waals surface area contributed by atoms with Crippen LogP contribution in [0.1, 0.15) is 30.1 Å². The zero-order valence-corrected chi connectivity index (χ0v) is 12.5. The minimum absolute atomic E-state index is 0.0987. The van der Waals surface area contributed by atoms with Crippen LogP contribution < -0.4 is 10.6 Å². The summed E-state index contributed by atoms with van der Waals surface area (Å²) in [6, 6.07) is 5.38. The van der Waals surface area contributed by atoms with Crippen molar-refractivity contribution in [1.29, 1.82) is 0 Å². The maximum atomic E-state index is 12.2. The molecule has 1 aromatic heterocycles. The first kappa shape index (κ1) is 14.4. The molecule has 7 heteroatoms. The number of amides is 2. The topological polar surface area (TPSA) is 96.1 Å². The number of aromatic nitrogens is 2. The number of carbonyl (C=O) groups excluding carboxylic acids is 2. The first-order valence-electron chi connectivity index (χ1n) is 7.22. The van der Waals surface area contributed by atoms with Gasteiger partial charge in [-0.05, 0) is 43.9 Å². The number of nitrogens with zero attached hydrogens (tertiary/aromatic N) is 1. The van der Waals surface area contributed by atoms with Gasteiger partial charge in [0.2, 0.25) is 5.95 Å². The number of carbonyl (C=O) groups is 2. The molecule has 3 rings (SSSR count). The lowest BCUT2D eigenvalue weighted by molar-refractivity contribution is 0.0936. The van der Waals surface area contributed by atoms with Crippen LogP contribution >= 0.6 is 0 Å². The number of H-pyrrole nitrogens is 1. The van der Waals surface area contributed by atoms with E-state index in [1.54, 1.807) is 18.2 Å². The van der Waals surface area contributed by atoms with E-state index < -0.39 is 6.09 Å². The standard InChI is InChI=1S/C15H18N4O3/c1-8(9-3-4-9)16-13(20)10-5-6-11-12(7-10)18-14(17-11)19-15(21)22-2/h5-9H,3-4H2,1-2H3,(H,16,20)(H2,17,18,19,21). The van der Waals surface area contributed by atoms with Crippen molar-refractivity contribution in [3.63, 3.8) is 0 Å². The molecule has 1 aliphatic carbocycles. The Labute approximate surface area is 127 Å². The second-order valence-electron chi connectivity index (χ2n) is 5.53. The van der Waals surface area contributed by atoms with Gasteiger partial charge in [0.25, 0.3) is 5.91 Å². The zero-order chi connectivity index (χ0) is 15.7. The SMILES string of the molecule is COC(=O)Nc1nc2ccc(C(=O)NC(C)C3CC3)cc2[nH]1. The monoisotopic (exact) mass is 302 g/mol. The van der Waals surface area contributed by atoms with Crippen molar-refractivity contribution < 1.29 is 14.3 Å². The van der Waals surface area contributed by atoms with E-state index in [0.717, 1.165) is 0 Å². The number of hydrogen-bond donors (Lipinski definition) is 3. The van der Waals surface area contributed by atoms with Gasteiger partial charge in [-0.1, -0.05) is 0 Å². The molecule has 2 aromatic rings. The van der Waals surface area contributed by atoms with E-state index in [-0.39, 0.29) is 17.9 Å². The van der Waals surface area contributed by atoms with Crippen molar-refractivity contribution in [2.75, 3.05) is 12.4 Å². The minimum Gasteiger partial charge on any atom is -0.453 e. The zero-order valence-electron chi connectivity index (χ0n) is 12.5. The van der Waals surface area contributed by atoms with Crippen molar-refractivity contribution in [2.24, 2.45) is 5.92 Å². The van der Waals surface area contributed by atoms with Gasteiger partial charge in [-0.15, -0.1) is 0 Å². The van der Waals surface area contributed by atoms with E-state index in [4.69, 9.17) is 0 Å². The van der Waals surface area contributed by atoms with Gasteiger partial charge in [0.15, 0.2) is 0 Å². The first-order chi connectivity index (χ1) is 10.6. The van der Waals surface area contributed by atoms with Gasteiger partial charge >= 0.3 is 6.09 Å². The number of fused-ring (bicyclic) bond motifs is 1. The summed E-state index contributed by atoms with van der Waals surface area (Å²) < 4.78 is 4.51. The Morgan fingerprint density at radius 1 is 1.41 bits per heavy atom. The number of ether oxygens (including phenoxy) is 1. The Bertz CT molecular complexity index is 721. The van der Waals surface area contributed by atoms with Crippen LogP contribution in [0.5, 0.6) is 0 Å². The third-order valence-corrected chi connectivity index (χ3v) is 3.84. The average Bonchev–Trinajstić information content (AvgIpc) is 3.27. The molecule has 1 unspecified atom stereocenters. The highest BCUT2D eigenvalue weighted by atomic mass is 16.5. The van der Waals surface area contributed by atoms with Crippen LogP contribution in [0.4, 0.5) is 10.7 Å². The van der Waals surface area contributed by atoms with Crippen LogP contribution in [-0.2, 0) is 4.74 Å². The predicted octanol–water partition coefficient (Wildman–Crippen LogP) is 2.27. The lowest BCUT2D eigenvalue weighted by Crippen LogP contribution is -2.33. The third-order valence-electron chi connectivity index (χ3n) is 3.84. The van der Waals surface area contributed by atoms with Crippen molar-refractivity contribution in [3.8, 4) is 0 Å². The highest BCUT2D eigenvalue weighted by molar-refractivity contribution is 5.98. The largest absolute Gasteiger partial charge is 0.453 e. The lowest BCUT2D eigenvalue weighted by atomic mass is 10.1. The van der Waals surface area contributed by atoms with Gasteiger partial charge in [-0.2, -0.15) is 0 Å². The molecule has 0 radical (unpaired) electrons. The fourth-order valence-electron chi connectivity index (χ4n) is 2.36. The number of aromatic amines is 1. The molecular weight excluding hydrogens is 284 g/mol. The summed E-state index contributed by atoms with van der Waals surface area (Å²) in [6.45, 7) is 2.03. The highest BCUT2D eigenvalue weighted by Gasteiger charge is 2.29. The fourth-order valence-corrected chi connectivity index (χ4v) is 2.36. The van der Waals surface area contributed by atoms with Gasteiger partial charge < -0.3 is 15.0 Å². The number of imidazole rings is 1. The summed E-state index contributed by atoms with van der Waals surface area (Å²) in [4.78, 5) is 30.5. The van der Waals surface area contributed by atoms with Crippen LogP contribution in [0.2, 0.25) is 0 Å². The molecule has 0 spiro atoms. The summed E-state index contributed by atoms with van der Waals surface area (Å²) in [5.41, 5.74) is 1.91. The molecule has 0 bridgehead atoms. The number of nitrogens with one attached hydrogen (secondary N) is 3. The molecule has 1 fully saturated rings. The Morgan fingerprint density at radius 3 is 2.86 bits per heavy atom. The van der Waals surface area contributed by atoms with Crippen LogP contribution in [0.15, 0.2) is 18.2 Å². The molecule has 2 amide bonds. The third kappa shape index (κ3) is 3.03. The highest BCUT2D eigenvalue weighted by Crippen LogP contribution is 2.32. The van der Waals surface area contributed by atoms with Gasteiger partial charge in [0.1, 0.15) is 0 Å². The molecule has 3 N–H and O–H groups in total. The molecule has 1 saturated carbocycles. The van der Waals surface area contributed by atoms with E-state index in [2.05, 4.69) is 25.3 Å². The van der Waals surface area contributed by atoms with Crippen LogP contribution in [0.3, 0.4) is 0 Å². The summed E-state index contributed by atoms with van der Waals surface area (Å²) >= 11 is 0. The van der Waals surface area contributed by atoms with Crippen molar-refractivity contribution >= 4 is 29.0 Å². The van der Waals surface area contributed by atoms with E-state index in [0.29, 0.717) is 22.5 Å². The van der Waals surface area contributed by atoms with Gasteiger partial charge in [0.05, 0.1) is 18.1 Å². The second-order valence-corrected chi connectivity index (χ2v) is 5.53. The molecule has 22 heavy (non-hydrogen) atoms. The molecule has 1 atom stereocenters. The van der Waals surface area contributed by atoms with Gasteiger partial charge in [0, 0.05) is 11.6 Å². The Morgan fingerprint density at radius 2 is 2.18 bits per heavy atom. The Balaban J connectivity index is 1.76. The molecule has 1 aromatic carbocycles. The first-order valence-corrected chi connectivity index (χ1v) is 7.22. The molecule has 1 aliphatic rings. The fraction of sp³-hybridized carbons (Fsp3) is 0.400. The molecule has 1 heterocycles. The van der Waals surface area contributed by atoms with Gasteiger partial charge in [-0.25, -0.2) is 9.78 Å². The number of hydrogen-bond acceptors (Lipinski definition) is 4. The summed E-state index contributed by atoms with van der Waals surface area (Å²) in [7, 11) is 1.28. The Kier molecular flexibility index (Phi) is 3.70. The maximum absolute atomic E-state index is 12.2. The van der Waals surface area contributed by atoms with Crippen molar-refractivity contribution in [3.05, 3.63) is 23.8 Å². The average molecular weight is 302 g/mol. The van der Waals surface area contributed by atoms with Crippen molar-refractivity contribution in [2.45, 2.75) is 25.8 Å². The van der Waals surface area contributed by atoms with Crippen molar-refractivity contribution in [1.82, 2.24) is 15.3 Å². The summed E-state index contributed by atoms with van der Waals surface area (Å²) in [5, 5.41) is 5.46. The van der Waals surface area contributed by atoms with Gasteiger partial charge in [-0.3, -0.25) is 10.1 Å². The van der Waals surface area contributed by atoms with E-state index in [1.165, 1.54) is 20.0 Å². The maximum Gasteiger partial charge on any atom is 0.413 e. The van der Waals surface area contributed by atoms with E-state index >= 15 is 0 Å². The normalized spacial score (nSPS) is 15.4.